The average Bonchev–Trinajstić information content (AvgIpc) is 3.67. The van der Waals surface area contributed by atoms with E-state index in [4.69, 9.17) is 28.4 Å². The average molecular weight is 1180 g/mol. The van der Waals surface area contributed by atoms with Gasteiger partial charge in [-0.15, -0.1) is 0 Å². The zero-order chi connectivity index (χ0) is 60.1. The molecular weight excluding hydrogens is 1050 g/mol. The second-order valence-corrected chi connectivity index (χ2v) is 24.0. The van der Waals surface area contributed by atoms with E-state index in [1.807, 2.05) is 0 Å². The van der Waals surface area contributed by atoms with Gasteiger partial charge in [0.05, 0.1) is 26.4 Å². The highest BCUT2D eigenvalue weighted by Gasteiger charge is 2.47. The number of ether oxygens (including phenoxy) is 6. The number of carbonyl (C=O) groups is 1. The van der Waals surface area contributed by atoms with Gasteiger partial charge in [-0.25, -0.2) is 0 Å². The van der Waals surface area contributed by atoms with Crippen LogP contribution in [-0.4, -0.2) is 142 Å². The number of aliphatic hydroxyl groups excluding tert-OH is 7. The van der Waals surface area contributed by atoms with E-state index in [0.717, 1.165) is 70.6 Å². The number of carbonyl (C=O) groups excluding carboxylic acids is 1. The van der Waals surface area contributed by atoms with Gasteiger partial charge in [0.2, 0.25) is 0 Å². The summed E-state index contributed by atoms with van der Waals surface area (Å²) in [4.78, 5) is 13.2. The summed E-state index contributed by atoms with van der Waals surface area (Å²) in [6.45, 7) is 3.63. The van der Waals surface area contributed by atoms with E-state index in [9.17, 15) is 40.5 Å². The Hall–Kier alpha value is -2.05. The third kappa shape index (κ3) is 40.9. The van der Waals surface area contributed by atoms with Crippen LogP contribution < -0.4 is 0 Å². The smallest absolute Gasteiger partial charge is 0.306 e. The molecule has 83 heavy (non-hydrogen) atoms. The third-order valence-corrected chi connectivity index (χ3v) is 16.4. The van der Waals surface area contributed by atoms with Crippen LogP contribution in [0.3, 0.4) is 0 Å². The van der Waals surface area contributed by atoms with E-state index < -0.39 is 80.7 Å². The van der Waals surface area contributed by atoms with E-state index in [1.54, 1.807) is 0 Å². The summed E-state index contributed by atoms with van der Waals surface area (Å²) in [6, 6.07) is 0. The Bertz CT molecular complexity index is 1560. The van der Waals surface area contributed by atoms with Gasteiger partial charge in [-0.2, -0.15) is 0 Å². The normalized spacial score (nSPS) is 23.7. The predicted octanol–water partition coefficient (Wildman–Crippen LogP) is 14.2. The third-order valence-electron chi connectivity index (χ3n) is 16.4. The van der Waals surface area contributed by atoms with E-state index in [2.05, 4.69) is 62.5 Å². The van der Waals surface area contributed by atoms with Crippen molar-refractivity contribution in [2.45, 2.75) is 351 Å². The van der Waals surface area contributed by atoms with Gasteiger partial charge in [-0.3, -0.25) is 4.79 Å². The summed E-state index contributed by atoms with van der Waals surface area (Å²) in [5.74, 6) is -0.371. The molecule has 0 aliphatic carbocycles. The second kappa shape index (κ2) is 55.3. The molecule has 0 aromatic rings. The fraction of sp³-hybridized carbons (Fsp3) is 0.870. The van der Waals surface area contributed by atoms with Crippen LogP contribution in [0.2, 0.25) is 0 Å². The fourth-order valence-electron chi connectivity index (χ4n) is 10.9. The molecule has 2 aliphatic heterocycles. The molecule has 14 nitrogen and oxygen atoms in total. The molecule has 14 heteroatoms. The van der Waals surface area contributed by atoms with Gasteiger partial charge >= 0.3 is 5.97 Å². The molecule has 2 saturated heterocycles. The summed E-state index contributed by atoms with van der Waals surface area (Å²) in [7, 11) is 0. The van der Waals surface area contributed by atoms with Crippen molar-refractivity contribution in [1.82, 2.24) is 0 Å². The van der Waals surface area contributed by atoms with Crippen molar-refractivity contribution in [3.8, 4) is 0 Å². The van der Waals surface area contributed by atoms with Crippen molar-refractivity contribution in [3.63, 3.8) is 0 Å². The maximum atomic E-state index is 13.2. The number of hydrogen-bond donors (Lipinski definition) is 7. The lowest BCUT2D eigenvalue weighted by molar-refractivity contribution is -0.332. The van der Waals surface area contributed by atoms with Gasteiger partial charge in [0.1, 0.15) is 54.9 Å². The van der Waals surface area contributed by atoms with Crippen molar-refractivity contribution in [2.75, 3.05) is 33.0 Å². The lowest BCUT2D eigenvalue weighted by Gasteiger charge is -2.42. The first kappa shape index (κ1) is 77.0. The lowest BCUT2D eigenvalue weighted by Crippen LogP contribution is -2.61. The Kier molecular flexibility index (Phi) is 51.3. The maximum Gasteiger partial charge on any atom is 0.306 e. The van der Waals surface area contributed by atoms with Gasteiger partial charge in [0.25, 0.3) is 0 Å². The highest BCUT2D eigenvalue weighted by atomic mass is 16.7. The number of esters is 1. The maximum absolute atomic E-state index is 13.2. The molecule has 0 aromatic carbocycles. The number of hydrogen-bond acceptors (Lipinski definition) is 14. The number of allylic oxidation sites excluding steroid dienone is 8. The first-order valence-corrected chi connectivity index (χ1v) is 34.2. The molecular formula is C69H126O14. The van der Waals surface area contributed by atoms with Crippen LogP contribution in [0.25, 0.3) is 0 Å². The lowest BCUT2D eigenvalue weighted by atomic mass is 9.98. The molecule has 0 amide bonds. The zero-order valence-corrected chi connectivity index (χ0v) is 52.7. The van der Waals surface area contributed by atoms with Crippen molar-refractivity contribution >= 4 is 5.97 Å². The molecule has 2 fully saturated rings. The largest absolute Gasteiger partial charge is 0.457 e. The number of aliphatic hydroxyl groups is 7. The van der Waals surface area contributed by atoms with Crippen molar-refractivity contribution < 1.29 is 69.0 Å². The van der Waals surface area contributed by atoms with Crippen LogP contribution in [0, 0.1) is 0 Å². The Morgan fingerprint density at radius 2 is 0.783 bits per heavy atom. The number of rotatable bonds is 57. The minimum Gasteiger partial charge on any atom is -0.457 e. The highest BCUT2D eigenvalue weighted by molar-refractivity contribution is 5.69. The molecule has 0 radical (unpaired) electrons. The summed E-state index contributed by atoms with van der Waals surface area (Å²) in [6.07, 6.45) is 53.3. The molecule has 2 aliphatic rings. The van der Waals surface area contributed by atoms with Crippen molar-refractivity contribution in [2.24, 2.45) is 0 Å². The molecule has 486 valence electrons. The molecule has 0 aromatic heterocycles. The van der Waals surface area contributed by atoms with Crippen LogP contribution >= 0.6 is 0 Å². The predicted molar refractivity (Wildman–Crippen MR) is 335 cm³/mol. The highest BCUT2D eigenvalue weighted by Crippen LogP contribution is 2.27. The van der Waals surface area contributed by atoms with Crippen LogP contribution in [0.5, 0.6) is 0 Å². The number of unbranched alkanes of at least 4 members (excludes halogenated alkanes) is 35. The first-order chi connectivity index (χ1) is 40.6. The van der Waals surface area contributed by atoms with Crippen LogP contribution in [0.4, 0.5) is 0 Å². The standard InChI is InChI=1S/C69H126O14/c1-3-5-7-9-11-13-15-17-19-21-23-25-27-29-30-32-34-36-38-40-42-44-46-48-50-52-61(71)81-58(56-79-68-67(77)65(75)63(73)60(83-68)57-80-69-66(76)64(74)62(72)59(54-70)82-69)55-78-53-51-49-47-45-43-41-39-37-35-33-31-28-26-24-22-20-18-16-14-12-10-8-6-4-2/h6,8,12,14,18,20,24,26,58-60,62-70,72-77H,3-5,7,9-11,13,15-17,19,21-23,25,27-57H2,1-2H3/b8-6-,14-12-,20-18-,26-24-. The molecule has 2 rings (SSSR count). The van der Waals surface area contributed by atoms with Gasteiger partial charge < -0.3 is 64.2 Å². The summed E-state index contributed by atoms with van der Waals surface area (Å²) < 4.78 is 34.6. The fourth-order valence-corrected chi connectivity index (χ4v) is 10.9. The summed E-state index contributed by atoms with van der Waals surface area (Å²) in [5.41, 5.74) is 0. The molecule has 2 heterocycles. The summed E-state index contributed by atoms with van der Waals surface area (Å²) in [5, 5.41) is 72.6. The van der Waals surface area contributed by atoms with Gasteiger partial charge in [-0.05, 0) is 51.4 Å². The zero-order valence-electron chi connectivity index (χ0n) is 52.7. The molecule has 11 atom stereocenters. The van der Waals surface area contributed by atoms with Crippen LogP contribution in [0.15, 0.2) is 48.6 Å². The minimum absolute atomic E-state index is 0.0618. The summed E-state index contributed by atoms with van der Waals surface area (Å²) >= 11 is 0. The van der Waals surface area contributed by atoms with Crippen LogP contribution in [-0.2, 0) is 33.2 Å². The molecule has 7 N–H and O–H groups in total. The van der Waals surface area contributed by atoms with Crippen molar-refractivity contribution in [3.05, 3.63) is 48.6 Å². The van der Waals surface area contributed by atoms with E-state index >= 15 is 0 Å². The van der Waals surface area contributed by atoms with E-state index in [1.165, 1.54) is 186 Å². The second-order valence-electron chi connectivity index (χ2n) is 24.0. The Labute approximate surface area is 505 Å². The van der Waals surface area contributed by atoms with Gasteiger partial charge in [0, 0.05) is 13.0 Å². The SMILES string of the molecule is CC/C=C\C/C=C\C/C=C\C/C=C\CCCCCCCCCCCCCOCC(COC1OC(COC2OC(CO)C(O)C(O)C2O)C(O)C(O)C1O)OC(=O)CCCCCCCCCCCCCCCCCCCCCCCCCCC. The monoisotopic (exact) mass is 1180 g/mol. The Morgan fingerprint density at radius 1 is 0.410 bits per heavy atom. The Morgan fingerprint density at radius 3 is 1.23 bits per heavy atom. The van der Waals surface area contributed by atoms with Crippen LogP contribution in [0.1, 0.15) is 284 Å². The quantitative estimate of drug-likeness (QED) is 0.0171. The molecule has 0 spiro atoms. The topological polar surface area (TPSA) is 214 Å². The van der Waals surface area contributed by atoms with Gasteiger partial charge in [0.15, 0.2) is 12.6 Å². The molecule has 0 bridgehead atoms. The Balaban J connectivity index is 1.64. The molecule has 11 unspecified atom stereocenters. The minimum atomic E-state index is -1.71. The first-order valence-electron chi connectivity index (χ1n) is 34.2. The van der Waals surface area contributed by atoms with Crippen molar-refractivity contribution in [1.29, 1.82) is 0 Å². The molecule has 0 saturated carbocycles. The van der Waals surface area contributed by atoms with E-state index in [-0.39, 0.29) is 25.6 Å². The van der Waals surface area contributed by atoms with E-state index in [0.29, 0.717) is 13.0 Å². The van der Waals surface area contributed by atoms with Gasteiger partial charge in [-0.1, -0.05) is 274 Å².